The minimum absolute atomic E-state index is 0.0430. The second kappa shape index (κ2) is 8.22. The number of imide groups is 2. The van der Waals surface area contributed by atoms with Crippen molar-refractivity contribution in [1.29, 1.82) is 0 Å². The molecule has 0 aromatic carbocycles. The molecule has 0 N–H and O–H groups in total. The van der Waals surface area contributed by atoms with Gasteiger partial charge in [0.1, 0.15) is 0 Å². The van der Waals surface area contributed by atoms with E-state index in [4.69, 9.17) is 9.57 Å². The van der Waals surface area contributed by atoms with Crippen molar-refractivity contribution in [1.82, 2.24) is 9.96 Å². The Morgan fingerprint density at radius 2 is 1.50 bits per heavy atom. The quantitative estimate of drug-likeness (QED) is 0.539. The van der Waals surface area contributed by atoms with Gasteiger partial charge in [-0.15, -0.1) is 5.06 Å². The van der Waals surface area contributed by atoms with Crippen LogP contribution in [0.3, 0.4) is 0 Å². The van der Waals surface area contributed by atoms with Crippen molar-refractivity contribution < 1.29 is 33.5 Å². The molecule has 0 aliphatic carbocycles. The van der Waals surface area contributed by atoms with E-state index in [1.54, 1.807) is 13.8 Å². The van der Waals surface area contributed by atoms with Gasteiger partial charge >= 0.3 is 5.97 Å². The fourth-order valence-electron chi connectivity index (χ4n) is 2.65. The molecule has 9 heteroatoms. The molecule has 28 heavy (non-hydrogen) atoms. The number of hydroxylamine groups is 2. The van der Waals surface area contributed by atoms with Gasteiger partial charge in [-0.3, -0.25) is 24.1 Å². The number of rotatable bonds is 9. The molecular formula is C19H26N2O7. The summed E-state index contributed by atoms with van der Waals surface area (Å²) in [6.07, 6.45) is 3.30. The fraction of sp³-hybridized carbons (Fsp3) is 0.632. The zero-order chi connectivity index (χ0) is 21.1. The lowest BCUT2D eigenvalue weighted by molar-refractivity contribution is -0.205. The molecule has 2 rings (SSSR count). The Hall–Kier alpha value is -2.55. The summed E-state index contributed by atoms with van der Waals surface area (Å²) in [5.41, 5.74) is -1.59. The molecule has 2 heterocycles. The molecular weight excluding hydrogens is 368 g/mol. The summed E-state index contributed by atoms with van der Waals surface area (Å²) in [4.78, 5) is 64.8. The summed E-state index contributed by atoms with van der Waals surface area (Å²) >= 11 is 0. The van der Waals surface area contributed by atoms with Crippen LogP contribution in [-0.4, -0.2) is 58.3 Å². The van der Waals surface area contributed by atoms with Crippen molar-refractivity contribution in [3.8, 4) is 0 Å². The van der Waals surface area contributed by atoms with E-state index < -0.39 is 28.8 Å². The first-order chi connectivity index (χ1) is 12.9. The highest BCUT2D eigenvalue weighted by molar-refractivity contribution is 6.12. The van der Waals surface area contributed by atoms with E-state index >= 15 is 0 Å². The van der Waals surface area contributed by atoms with Crippen molar-refractivity contribution in [3.05, 3.63) is 12.2 Å². The van der Waals surface area contributed by atoms with Gasteiger partial charge < -0.3 is 9.57 Å². The SMILES string of the molecule is CC(C)(CCN1C(=O)C=CC1=O)OCCC(C)(C)C(=O)ON1C(=O)CCC1=O. The second-order valence-electron chi connectivity index (χ2n) is 8.11. The van der Waals surface area contributed by atoms with Crippen LogP contribution in [0.25, 0.3) is 0 Å². The van der Waals surface area contributed by atoms with Crippen LogP contribution in [0.5, 0.6) is 0 Å². The fourth-order valence-corrected chi connectivity index (χ4v) is 2.65. The first kappa shape index (κ1) is 21.7. The van der Waals surface area contributed by atoms with Crippen molar-refractivity contribution in [2.75, 3.05) is 13.2 Å². The van der Waals surface area contributed by atoms with Gasteiger partial charge in [-0.05, 0) is 40.5 Å². The number of hydrogen-bond donors (Lipinski definition) is 0. The zero-order valence-corrected chi connectivity index (χ0v) is 16.6. The van der Waals surface area contributed by atoms with Gasteiger partial charge in [-0.2, -0.15) is 0 Å². The van der Waals surface area contributed by atoms with Crippen molar-refractivity contribution in [2.45, 2.75) is 59.0 Å². The third-order valence-electron chi connectivity index (χ3n) is 4.79. The first-order valence-corrected chi connectivity index (χ1v) is 9.19. The predicted octanol–water partition coefficient (Wildman–Crippen LogP) is 1.12. The van der Waals surface area contributed by atoms with E-state index in [1.165, 1.54) is 12.2 Å². The summed E-state index contributed by atoms with van der Waals surface area (Å²) in [6.45, 7) is 7.41. The highest BCUT2D eigenvalue weighted by Gasteiger charge is 2.38. The average molecular weight is 394 g/mol. The van der Waals surface area contributed by atoms with Crippen LogP contribution >= 0.6 is 0 Å². The summed E-state index contributed by atoms with van der Waals surface area (Å²) in [5, 5.41) is 0.535. The second-order valence-corrected chi connectivity index (χ2v) is 8.11. The maximum Gasteiger partial charge on any atom is 0.338 e. The molecule has 1 fully saturated rings. The summed E-state index contributed by atoms with van der Waals surface area (Å²) in [6, 6.07) is 0. The molecule has 9 nitrogen and oxygen atoms in total. The van der Waals surface area contributed by atoms with Gasteiger partial charge in [-0.1, -0.05) is 0 Å². The van der Waals surface area contributed by atoms with Gasteiger partial charge in [0.25, 0.3) is 23.6 Å². The Kier molecular flexibility index (Phi) is 6.38. The van der Waals surface area contributed by atoms with E-state index in [0.717, 1.165) is 4.90 Å². The van der Waals surface area contributed by atoms with Crippen LogP contribution in [0.2, 0.25) is 0 Å². The molecule has 0 radical (unpaired) electrons. The zero-order valence-electron chi connectivity index (χ0n) is 16.6. The minimum Gasteiger partial charge on any atom is -0.375 e. The summed E-state index contributed by atoms with van der Waals surface area (Å²) < 4.78 is 5.83. The number of hydrogen-bond acceptors (Lipinski definition) is 7. The highest BCUT2D eigenvalue weighted by Crippen LogP contribution is 2.26. The molecule has 1 saturated heterocycles. The summed E-state index contributed by atoms with van der Waals surface area (Å²) in [7, 11) is 0. The molecule has 2 aliphatic rings. The van der Waals surface area contributed by atoms with Crippen molar-refractivity contribution in [2.24, 2.45) is 5.41 Å². The minimum atomic E-state index is -0.968. The highest BCUT2D eigenvalue weighted by atomic mass is 16.7. The first-order valence-electron chi connectivity index (χ1n) is 9.19. The molecule has 2 aliphatic heterocycles. The lowest BCUT2D eigenvalue weighted by Crippen LogP contribution is -2.39. The van der Waals surface area contributed by atoms with E-state index in [9.17, 15) is 24.0 Å². The summed E-state index contributed by atoms with van der Waals surface area (Å²) in [5.74, 6) is -2.40. The molecule has 0 saturated carbocycles. The molecule has 0 spiro atoms. The monoisotopic (exact) mass is 394 g/mol. The van der Waals surface area contributed by atoms with Crippen LogP contribution in [-0.2, 0) is 33.5 Å². The molecule has 0 aromatic rings. The molecule has 0 bridgehead atoms. The topological polar surface area (TPSA) is 110 Å². The number of nitrogens with zero attached hydrogens (tertiary/aromatic N) is 2. The average Bonchev–Trinajstić information content (AvgIpc) is 3.08. The van der Waals surface area contributed by atoms with E-state index in [0.29, 0.717) is 17.9 Å². The van der Waals surface area contributed by atoms with Gasteiger partial charge in [0.2, 0.25) is 0 Å². The van der Waals surface area contributed by atoms with E-state index in [-0.39, 0.29) is 37.8 Å². The molecule has 154 valence electrons. The molecule has 0 unspecified atom stereocenters. The van der Waals surface area contributed by atoms with Crippen molar-refractivity contribution >= 4 is 29.6 Å². The maximum atomic E-state index is 12.3. The Bertz CT molecular complexity index is 690. The third-order valence-corrected chi connectivity index (χ3v) is 4.79. The van der Waals surface area contributed by atoms with Crippen molar-refractivity contribution in [3.63, 3.8) is 0 Å². The third kappa shape index (κ3) is 5.25. The Morgan fingerprint density at radius 3 is 2.04 bits per heavy atom. The van der Waals surface area contributed by atoms with Crippen LogP contribution in [0.1, 0.15) is 53.4 Å². The largest absolute Gasteiger partial charge is 0.375 e. The van der Waals surface area contributed by atoms with E-state index in [1.807, 2.05) is 13.8 Å². The van der Waals surface area contributed by atoms with Crippen LogP contribution in [0, 0.1) is 5.41 Å². The van der Waals surface area contributed by atoms with Gasteiger partial charge in [-0.25, -0.2) is 4.79 Å². The molecule has 0 aromatic heterocycles. The van der Waals surface area contributed by atoms with Crippen LogP contribution < -0.4 is 0 Å². The standard InChI is InChI=1S/C19H26N2O7/c1-18(2,17(26)28-21-15(24)7-8-16(21)25)10-12-27-19(3,4)9-11-20-13(22)5-6-14(20)23/h5-6H,7-12H2,1-4H3. The lowest BCUT2D eigenvalue weighted by atomic mass is 9.90. The predicted molar refractivity (Wildman–Crippen MR) is 96.1 cm³/mol. The maximum absolute atomic E-state index is 12.3. The Labute approximate surface area is 163 Å². The van der Waals surface area contributed by atoms with Crippen LogP contribution in [0.15, 0.2) is 12.2 Å². The molecule has 4 amide bonds. The molecule has 0 atom stereocenters. The number of ether oxygens (including phenoxy) is 1. The Balaban J connectivity index is 1.78. The van der Waals surface area contributed by atoms with E-state index in [2.05, 4.69) is 0 Å². The number of carbonyl (C=O) groups excluding carboxylic acids is 5. The van der Waals surface area contributed by atoms with Crippen LogP contribution in [0.4, 0.5) is 0 Å². The van der Waals surface area contributed by atoms with Gasteiger partial charge in [0.15, 0.2) is 0 Å². The lowest BCUT2D eigenvalue weighted by Gasteiger charge is -2.30. The number of carbonyl (C=O) groups is 5. The Morgan fingerprint density at radius 1 is 0.964 bits per heavy atom. The smallest absolute Gasteiger partial charge is 0.338 e. The number of amides is 4. The van der Waals surface area contributed by atoms with Gasteiger partial charge in [0.05, 0.1) is 11.0 Å². The normalized spacial score (nSPS) is 17.9. The van der Waals surface area contributed by atoms with Gasteiger partial charge in [0, 0.05) is 38.1 Å².